The Kier molecular flexibility index (Phi) is 4.03. The quantitative estimate of drug-likeness (QED) is 0.843. The molecule has 2 N–H and O–H groups in total. The lowest BCUT2D eigenvalue weighted by Crippen LogP contribution is -2.23. The van der Waals surface area contributed by atoms with Gasteiger partial charge >= 0.3 is 11.9 Å². The molecule has 0 saturated heterocycles. The number of carboxylic acid groups (broad SMARTS) is 2. The standard InChI is InChI=1S/C16H15NO4/c1-9-7-12(11-3-5-17-6-4-11)8-10(2)13(9)14(15(18)19)16(20)21/h3-8,14H,1-2H3,(H,18,19)(H,20,21). The summed E-state index contributed by atoms with van der Waals surface area (Å²) in [5.41, 5.74) is 3.50. The Hall–Kier alpha value is -2.69. The molecule has 5 nitrogen and oxygen atoms in total. The van der Waals surface area contributed by atoms with Crippen LogP contribution in [0.4, 0.5) is 0 Å². The molecule has 5 heteroatoms. The highest BCUT2D eigenvalue weighted by atomic mass is 16.4. The molecule has 2 aromatic rings. The number of hydrogen-bond acceptors (Lipinski definition) is 3. The van der Waals surface area contributed by atoms with Gasteiger partial charge in [0.05, 0.1) is 0 Å². The highest BCUT2D eigenvalue weighted by Crippen LogP contribution is 2.30. The number of aliphatic carboxylic acids is 2. The zero-order chi connectivity index (χ0) is 15.6. The number of carboxylic acids is 2. The third-order valence-electron chi connectivity index (χ3n) is 3.39. The molecule has 108 valence electrons. The first-order valence-corrected chi connectivity index (χ1v) is 6.39. The summed E-state index contributed by atoms with van der Waals surface area (Å²) in [4.78, 5) is 26.4. The van der Waals surface area contributed by atoms with Crippen molar-refractivity contribution in [3.63, 3.8) is 0 Å². The topological polar surface area (TPSA) is 87.5 Å². The second kappa shape index (κ2) is 5.75. The van der Waals surface area contributed by atoms with Crippen molar-refractivity contribution in [3.05, 3.63) is 53.3 Å². The first-order valence-electron chi connectivity index (χ1n) is 6.39. The van der Waals surface area contributed by atoms with Crippen LogP contribution in [-0.4, -0.2) is 27.1 Å². The molecule has 2 rings (SSSR count). The molecular weight excluding hydrogens is 270 g/mol. The van der Waals surface area contributed by atoms with Crippen molar-refractivity contribution in [2.75, 3.05) is 0 Å². The van der Waals surface area contributed by atoms with Crippen molar-refractivity contribution < 1.29 is 19.8 Å². The second-order valence-electron chi connectivity index (χ2n) is 4.87. The Morgan fingerprint density at radius 2 is 1.43 bits per heavy atom. The Labute approximate surface area is 121 Å². The van der Waals surface area contributed by atoms with Crippen molar-refractivity contribution in [1.82, 2.24) is 4.98 Å². The van der Waals surface area contributed by atoms with Crippen molar-refractivity contribution in [1.29, 1.82) is 0 Å². The van der Waals surface area contributed by atoms with Gasteiger partial charge in [0.1, 0.15) is 0 Å². The minimum absolute atomic E-state index is 0.341. The number of rotatable bonds is 4. The van der Waals surface area contributed by atoms with Gasteiger partial charge in [-0.05, 0) is 53.8 Å². The lowest BCUT2D eigenvalue weighted by Gasteiger charge is -2.16. The predicted octanol–water partition coefficient (Wildman–Crippen LogP) is 2.62. The van der Waals surface area contributed by atoms with Crippen LogP contribution < -0.4 is 0 Å². The number of aryl methyl sites for hydroxylation is 2. The van der Waals surface area contributed by atoms with Crippen LogP contribution in [0.25, 0.3) is 11.1 Å². The van der Waals surface area contributed by atoms with Gasteiger partial charge in [0, 0.05) is 12.4 Å². The summed E-state index contributed by atoms with van der Waals surface area (Å²) < 4.78 is 0. The molecule has 0 bridgehead atoms. The van der Waals surface area contributed by atoms with Crippen LogP contribution in [-0.2, 0) is 9.59 Å². The van der Waals surface area contributed by atoms with Crippen molar-refractivity contribution in [2.45, 2.75) is 19.8 Å². The van der Waals surface area contributed by atoms with E-state index in [0.717, 1.165) is 11.1 Å². The summed E-state index contributed by atoms with van der Waals surface area (Å²) in [6, 6.07) is 7.30. The SMILES string of the molecule is Cc1cc(-c2ccncc2)cc(C)c1C(C(=O)O)C(=O)O. The third-order valence-corrected chi connectivity index (χ3v) is 3.39. The summed E-state index contributed by atoms with van der Waals surface area (Å²) in [5, 5.41) is 18.3. The van der Waals surface area contributed by atoms with E-state index in [9.17, 15) is 9.59 Å². The van der Waals surface area contributed by atoms with Gasteiger partial charge in [0.15, 0.2) is 5.92 Å². The lowest BCUT2D eigenvalue weighted by molar-refractivity contribution is -0.150. The normalized spacial score (nSPS) is 10.6. The first-order chi connectivity index (χ1) is 9.91. The minimum atomic E-state index is -1.54. The number of hydrogen-bond donors (Lipinski definition) is 2. The van der Waals surface area contributed by atoms with E-state index in [1.54, 1.807) is 38.4 Å². The molecule has 21 heavy (non-hydrogen) atoms. The third kappa shape index (κ3) is 2.91. The van der Waals surface area contributed by atoms with Crippen LogP contribution in [0.1, 0.15) is 22.6 Å². The fraction of sp³-hybridized carbons (Fsp3) is 0.188. The Balaban J connectivity index is 2.57. The molecule has 0 aliphatic carbocycles. The minimum Gasteiger partial charge on any atom is -0.480 e. The van der Waals surface area contributed by atoms with Crippen LogP contribution in [0.5, 0.6) is 0 Å². The van der Waals surface area contributed by atoms with Gasteiger partial charge in [-0.1, -0.05) is 12.1 Å². The molecule has 0 amide bonds. The Morgan fingerprint density at radius 3 is 1.86 bits per heavy atom. The van der Waals surface area contributed by atoms with Gasteiger partial charge in [-0.25, -0.2) is 0 Å². The molecule has 0 atom stereocenters. The maximum absolute atomic E-state index is 11.2. The largest absolute Gasteiger partial charge is 0.480 e. The van der Waals surface area contributed by atoms with E-state index in [1.807, 2.05) is 12.1 Å². The van der Waals surface area contributed by atoms with Crippen LogP contribution >= 0.6 is 0 Å². The summed E-state index contributed by atoms with van der Waals surface area (Å²) in [5.74, 6) is -4.26. The van der Waals surface area contributed by atoms with Gasteiger partial charge in [-0.15, -0.1) is 0 Å². The van der Waals surface area contributed by atoms with E-state index in [0.29, 0.717) is 16.7 Å². The highest BCUT2D eigenvalue weighted by molar-refractivity contribution is 5.99. The molecular formula is C16H15NO4. The number of carbonyl (C=O) groups is 2. The van der Waals surface area contributed by atoms with E-state index in [4.69, 9.17) is 10.2 Å². The van der Waals surface area contributed by atoms with Crippen molar-refractivity contribution >= 4 is 11.9 Å². The molecule has 0 aliphatic heterocycles. The van der Waals surface area contributed by atoms with Crippen LogP contribution in [0, 0.1) is 13.8 Å². The molecule has 1 aromatic carbocycles. The van der Waals surface area contributed by atoms with E-state index in [-0.39, 0.29) is 0 Å². The Morgan fingerprint density at radius 1 is 0.952 bits per heavy atom. The average molecular weight is 285 g/mol. The highest BCUT2D eigenvalue weighted by Gasteiger charge is 2.30. The zero-order valence-electron chi connectivity index (χ0n) is 11.7. The maximum Gasteiger partial charge on any atom is 0.322 e. The molecule has 0 fully saturated rings. The summed E-state index contributed by atoms with van der Waals surface area (Å²) >= 11 is 0. The molecule has 1 aromatic heterocycles. The van der Waals surface area contributed by atoms with E-state index >= 15 is 0 Å². The molecule has 1 heterocycles. The van der Waals surface area contributed by atoms with Gasteiger partial charge in [0.2, 0.25) is 0 Å². The first kappa shape index (κ1) is 14.7. The molecule has 0 radical (unpaired) electrons. The molecule has 0 spiro atoms. The average Bonchev–Trinajstić information content (AvgIpc) is 2.42. The number of aromatic nitrogens is 1. The smallest absolute Gasteiger partial charge is 0.322 e. The summed E-state index contributed by atoms with van der Waals surface area (Å²) in [6.07, 6.45) is 3.34. The van der Waals surface area contributed by atoms with Gasteiger partial charge in [-0.2, -0.15) is 0 Å². The fourth-order valence-electron chi connectivity index (χ4n) is 2.49. The monoisotopic (exact) mass is 285 g/mol. The lowest BCUT2D eigenvalue weighted by atomic mass is 9.88. The Bertz CT molecular complexity index is 658. The molecule has 0 saturated carbocycles. The summed E-state index contributed by atoms with van der Waals surface area (Å²) in [7, 11) is 0. The van der Waals surface area contributed by atoms with Crippen molar-refractivity contribution in [2.24, 2.45) is 0 Å². The summed E-state index contributed by atoms with van der Waals surface area (Å²) in [6.45, 7) is 3.46. The van der Waals surface area contributed by atoms with Crippen LogP contribution in [0.3, 0.4) is 0 Å². The number of nitrogens with zero attached hydrogens (tertiary/aromatic N) is 1. The molecule has 0 aliphatic rings. The van der Waals surface area contributed by atoms with Gasteiger partial charge in [0.25, 0.3) is 0 Å². The number of pyridine rings is 1. The van der Waals surface area contributed by atoms with E-state index in [1.165, 1.54) is 0 Å². The molecule has 0 unspecified atom stereocenters. The van der Waals surface area contributed by atoms with Crippen LogP contribution in [0.15, 0.2) is 36.7 Å². The zero-order valence-corrected chi connectivity index (χ0v) is 11.7. The maximum atomic E-state index is 11.2. The van der Waals surface area contributed by atoms with Gasteiger partial charge < -0.3 is 10.2 Å². The fourth-order valence-corrected chi connectivity index (χ4v) is 2.49. The van der Waals surface area contributed by atoms with E-state index in [2.05, 4.69) is 4.98 Å². The number of benzene rings is 1. The predicted molar refractivity (Wildman–Crippen MR) is 77.2 cm³/mol. The van der Waals surface area contributed by atoms with Crippen LogP contribution in [0.2, 0.25) is 0 Å². The second-order valence-corrected chi connectivity index (χ2v) is 4.87. The van der Waals surface area contributed by atoms with E-state index < -0.39 is 17.9 Å². The van der Waals surface area contributed by atoms with Gasteiger partial charge in [-0.3, -0.25) is 14.6 Å². The van der Waals surface area contributed by atoms with Crippen molar-refractivity contribution in [3.8, 4) is 11.1 Å².